The van der Waals surface area contributed by atoms with Crippen molar-refractivity contribution in [2.45, 2.75) is 32.6 Å². The lowest BCUT2D eigenvalue weighted by atomic mass is 10.1. The molecule has 1 aromatic rings. The molecule has 0 bridgehead atoms. The number of ether oxygens (including phenoxy) is 1. The Morgan fingerprint density at radius 3 is 2.67 bits per heavy atom. The molecule has 0 radical (unpaired) electrons. The Kier molecular flexibility index (Phi) is 5.90. The highest BCUT2D eigenvalue weighted by molar-refractivity contribution is 5.73. The van der Waals surface area contributed by atoms with Crippen LogP contribution in [-0.2, 0) is 9.53 Å². The van der Waals surface area contributed by atoms with Crippen molar-refractivity contribution in [2.24, 2.45) is 0 Å². The smallest absolute Gasteiger partial charge is 0.305 e. The van der Waals surface area contributed by atoms with Crippen LogP contribution >= 0.6 is 0 Å². The molecule has 0 unspecified atom stereocenters. The van der Waals surface area contributed by atoms with Crippen LogP contribution in [0.1, 0.15) is 32.6 Å². The quantitative estimate of drug-likeness (QED) is 0.571. The van der Waals surface area contributed by atoms with Gasteiger partial charge in [0.2, 0.25) is 0 Å². The highest BCUT2D eigenvalue weighted by Gasteiger charge is 2.18. The molecule has 1 aliphatic heterocycles. The molecule has 1 aliphatic rings. The molecule has 1 aromatic carbocycles. The van der Waals surface area contributed by atoms with E-state index in [1.807, 2.05) is 6.92 Å². The number of rotatable bonds is 7. The molecule has 0 aromatic heterocycles. The lowest BCUT2D eigenvalue weighted by Gasteiger charge is -2.37. The first-order valence-corrected chi connectivity index (χ1v) is 7.93. The number of hydrogen-bond donors (Lipinski definition) is 0. The lowest BCUT2D eigenvalue weighted by molar-refractivity contribution is -0.143. The van der Waals surface area contributed by atoms with E-state index in [-0.39, 0.29) is 5.97 Å². The first-order valence-electron chi connectivity index (χ1n) is 7.93. The van der Waals surface area contributed by atoms with Crippen LogP contribution < -0.4 is 9.80 Å². The Bertz CT molecular complexity index is 462. The zero-order valence-electron chi connectivity index (χ0n) is 13.2. The third kappa shape index (κ3) is 4.38. The van der Waals surface area contributed by atoms with Gasteiger partial charge in [-0.05, 0) is 31.9 Å². The molecule has 0 atom stereocenters. The van der Waals surface area contributed by atoms with E-state index in [4.69, 9.17) is 4.74 Å². The van der Waals surface area contributed by atoms with Crippen LogP contribution in [0.15, 0.2) is 24.3 Å². The number of unbranched alkanes of at least 4 members (excludes halogenated alkanes) is 2. The molecule has 0 saturated heterocycles. The predicted molar refractivity (Wildman–Crippen MR) is 87.0 cm³/mol. The van der Waals surface area contributed by atoms with Crippen molar-refractivity contribution in [1.82, 2.24) is 0 Å². The third-order valence-electron chi connectivity index (χ3n) is 3.95. The third-order valence-corrected chi connectivity index (χ3v) is 3.95. The van der Waals surface area contributed by atoms with Crippen LogP contribution in [0, 0.1) is 0 Å². The summed E-state index contributed by atoms with van der Waals surface area (Å²) in [6, 6.07) is 8.58. The van der Waals surface area contributed by atoms with Crippen LogP contribution in [0.2, 0.25) is 0 Å². The SMILES string of the molecule is CCOC(=O)CCCCCN1CCN(C)c2ccccc21. The Hall–Kier alpha value is -1.71. The van der Waals surface area contributed by atoms with Gasteiger partial charge in [0.1, 0.15) is 0 Å². The van der Waals surface area contributed by atoms with Crippen LogP contribution in [-0.4, -0.2) is 39.3 Å². The molecule has 1 heterocycles. The second-order valence-electron chi connectivity index (χ2n) is 5.51. The van der Waals surface area contributed by atoms with Crippen molar-refractivity contribution < 1.29 is 9.53 Å². The van der Waals surface area contributed by atoms with Crippen molar-refractivity contribution >= 4 is 17.3 Å². The molecule has 0 aliphatic carbocycles. The standard InChI is InChI=1S/C17H26N2O2/c1-3-21-17(20)11-5-4-8-12-19-14-13-18(2)15-9-6-7-10-16(15)19/h6-7,9-10H,3-5,8,11-14H2,1-2H3. The Labute approximate surface area is 127 Å². The van der Waals surface area contributed by atoms with E-state index in [1.165, 1.54) is 11.4 Å². The first-order chi connectivity index (χ1) is 10.2. The number of benzene rings is 1. The van der Waals surface area contributed by atoms with Gasteiger partial charge >= 0.3 is 5.97 Å². The number of nitrogens with zero attached hydrogens (tertiary/aromatic N) is 2. The summed E-state index contributed by atoms with van der Waals surface area (Å²) in [5.74, 6) is -0.0672. The van der Waals surface area contributed by atoms with Crippen molar-refractivity contribution in [2.75, 3.05) is 43.1 Å². The average Bonchev–Trinajstić information content (AvgIpc) is 2.49. The number of carbonyl (C=O) groups is 1. The van der Waals surface area contributed by atoms with Gasteiger partial charge in [0.05, 0.1) is 18.0 Å². The lowest BCUT2D eigenvalue weighted by Crippen LogP contribution is -2.39. The van der Waals surface area contributed by atoms with Gasteiger partial charge in [-0.3, -0.25) is 4.79 Å². The van der Waals surface area contributed by atoms with E-state index in [0.29, 0.717) is 13.0 Å². The van der Waals surface area contributed by atoms with Gasteiger partial charge in [-0.1, -0.05) is 18.6 Å². The largest absolute Gasteiger partial charge is 0.466 e. The minimum absolute atomic E-state index is 0.0672. The number of hydrogen-bond acceptors (Lipinski definition) is 4. The van der Waals surface area contributed by atoms with Gasteiger partial charge in [0, 0.05) is 33.1 Å². The van der Waals surface area contributed by atoms with Crippen molar-refractivity contribution in [3.8, 4) is 0 Å². The van der Waals surface area contributed by atoms with E-state index in [2.05, 4.69) is 41.1 Å². The Morgan fingerprint density at radius 2 is 1.90 bits per heavy atom. The number of anilines is 2. The van der Waals surface area contributed by atoms with Gasteiger partial charge in [-0.2, -0.15) is 0 Å². The van der Waals surface area contributed by atoms with E-state index >= 15 is 0 Å². The van der Waals surface area contributed by atoms with E-state index in [1.54, 1.807) is 0 Å². The second-order valence-corrected chi connectivity index (χ2v) is 5.51. The van der Waals surface area contributed by atoms with E-state index in [9.17, 15) is 4.79 Å². The normalized spacial score (nSPS) is 14.0. The van der Waals surface area contributed by atoms with E-state index in [0.717, 1.165) is 38.9 Å². The number of esters is 1. The predicted octanol–water partition coefficient (Wildman–Crippen LogP) is 3.07. The van der Waals surface area contributed by atoms with Gasteiger partial charge in [0.15, 0.2) is 0 Å². The maximum Gasteiger partial charge on any atom is 0.305 e. The number of fused-ring (bicyclic) bond motifs is 1. The molecular weight excluding hydrogens is 264 g/mol. The summed E-state index contributed by atoms with van der Waals surface area (Å²) < 4.78 is 4.94. The number of likely N-dealkylation sites (N-methyl/N-ethyl adjacent to an activating group) is 1. The average molecular weight is 290 g/mol. The highest BCUT2D eigenvalue weighted by atomic mass is 16.5. The first kappa shape index (κ1) is 15.7. The summed E-state index contributed by atoms with van der Waals surface area (Å²) in [5.41, 5.74) is 2.65. The summed E-state index contributed by atoms with van der Waals surface area (Å²) in [7, 11) is 2.15. The number of para-hydroxylation sites is 2. The maximum atomic E-state index is 11.3. The molecular formula is C17H26N2O2. The molecule has 2 rings (SSSR count). The molecule has 21 heavy (non-hydrogen) atoms. The molecule has 0 spiro atoms. The molecule has 4 heteroatoms. The fourth-order valence-electron chi connectivity index (χ4n) is 2.78. The Morgan fingerprint density at radius 1 is 1.14 bits per heavy atom. The topological polar surface area (TPSA) is 32.8 Å². The fourth-order valence-corrected chi connectivity index (χ4v) is 2.78. The van der Waals surface area contributed by atoms with Crippen LogP contribution in [0.4, 0.5) is 11.4 Å². The monoisotopic (exact) mass is 290 g/mol. The highest BCUT2D eigenvalue weighted by Crippen LogP contribution is 2.31. The molecule has 0 saturated carbocycles. The molecule has 0 amide bonds. The summed E-state index contributed by atoms with van der Waals surface area (Å²) in [6.07, 6.45) is 3.67. The summed E-state index contributed by atoms with van der Waals surface area (Å²) >= 11 is 0. The van der Waals surface area contributed by atoms with Gasteiger partial charge in [0.25, 0.3) is 0 Å². The van der Waals surface area contributed by atoms with Crippen molar-refractivity contribution in [3.63, 3.8) is 0 Å². The molecule has 0 N–H and O–H groups in total. The van der Waals surface area contributed by atoms with Crippen molar-refractivity contribution in [3.05, 3.63) is 24.3 Å². The molecule has 116 valence electrons. The summed E-state index contributed by atoms with van der Waals surface area (Å²) in [5, 5.41) is 0. The minimum Gasteiger partial charge on any atom is -0.466 e. The zero-order chi connectivity index (χ0) is 15.1. The zero-order valence-corrected chi connectivity index (χ0v) is 13.2. The second kappa shape index (κ2) is 7.91. The van der Waals surface area contributed by atoms with Crippen LogP contribution in [0.25, 0.3) is 0 Å². The number of carbonyl (C=O) groups excluding carboxylic acids is 1. The van der Waals surface area contributed by atoms with E-state index < -0.39 is 0 Å². The molecule has 0 fully saturated rings. The van der Waals surface area contributed by atoms with Crippen molar-refractivity contribution in [1.29, 1.82) is 0 Å². The fraction of sp³-hybridized carbons (Fsp3) is 0.588. The Balaban J connectivity index is 1.75. The maximum absolute atomic E-state index is 11.3. The van der Waals surface area contributed by atoms with Gasteiger partial charge < -0.3 is 14.5 Å². The van der Waals surface area contributed by atoms with Crippen LogP contribution in [0.3, 0.4) is 0 Å². The summed E-state index contributed by atoms with van der Waals surface area (Å²) in [4.78, 5) is 16.0. The van der Waals surface area contributed by atoms with Gasteiger partial charge in [-0.15, -0.1) is 0 Å². The van der Waals surface area contributed by atoms with Crippen LogP contribution in [0.5, 0.6) is 0 Å². The minimum atomic E-state index is -0.0672. The molecule has 4 nitrogen and oxygen atoms in total. The van der Waals surface area contributed by atoms with Gasteiger partial charge in [-0.25, -0.2) is 0 Å². The summed E-state index contributed by atoms with van der Waals surface area (Å²) in [6.45, 7) is 5.54.